The molecule has 0 saturated heterocycles. The number of amides is 1. The molecule has 0 fully saturated rings. The molecule has 1 amide bonds. The Morgan fingerprint density at radius 1 is 0.762 bits per heavy atom. The van der Waals surface area contributed by atoms with Crippen LogP contribution in [0.25, 0.3) is 0 Å². The van der Waals surface area contributed by atoms with Crippen molar-refractivity contribution in [1.29, 1.82) is 0 Å². The summed E-state index contributed by atoms with van der Waals surface area (Å²) in [5, 5.41) is 0. The summed E-state index contributed by atoms with van der Waals surface area (Å²) >= 11 is 0. The lowest BCUT2D eigenvalue weighted by Gasteiger charge is -2.21. The molecule has 0 bridgehead atoms. The summed E-state index contributed by atoms with van der Waals surface area (Å²) in [5.41, 5.74) is 7.37. The highest BCUT2D eigenvalue weighted by Crippen LogP contribution is 2.24. The quantitative estimate of drug-likeness (QED) is 0.225. The predicted octanol–water partition coefficient (Wildman–Crippen LogP) is 5.35. The zero-order valence-corrected chi connectivity index (χ0v) is 25.3. The average Bonchev–Trinajstić information content (AvgIpc) is 2.98. The number of hydrogen-bond acceptors (Lipinski definition) is 7. The third-order valence-corrected chi connectivity index (χ3v) is 7.26. The van der Waals surface area contributed by atoms with Crippen molar-refractivity contribution in [3.05, 3.63) is 71.8 Å². The van der Waals surface area contributed by atoms with E-state index in [1.807, 2.05) is 74.5 Å². The Bertz CT molecular complexity index is 1150. The van der Waals surface area contributed by atoms with Crippen LogP contribution < -0.4 is 5.73 Å². The van der Waals surface area contributed by atoms with Gasteiger partial charge in [-0.2, -0.15) is 0 Å². The summed E-state index contributed by atoms with van der Waals surface area (Å²) in [4.78, 5) is 64.9. The van der Waals surface area contributed by atoms with Crippen LogP contribution in [0.1, 0.15) is 69.9 Å². The first-order chi connectivity index (χ1) is 20.1. The first-order valence-corrected chi connectivity index (χ1v) is 14.8. The Hall–Kier alpha value is -3.65. The van der Waals surface area contributed by atoms with Gasteiger partial charge in [0.05, 0.1) is 6.54 Å². The minimum atomic E-state index is -0.538. The summed E-state index contributed by atoms with van der Waals surface area (Å²) in [6, 6.07) is 18.9. The van der Waals surface area contributed by atoms with Crippen molar-refractivity contribution in [2.75, 3.05) is 20.1 Å². The normalized spacial score (nSPS) is 12.4. The Morgan fingerprint density at radius 3 is 1.98 bits per heavy atom. The van der Waals surface area contributed by atoms with Gasteiger partial charge in [-0.3, -0.25) is 19.2 Å². The van der Waals surface area contributed by atoms with E-state index in [1.165, 1.54) is 4.90 Å². The van der Waals surface area contributed by atoms with Crippen LogP contribution in [0, 0.1) is 17.8 Å². The minimum Gasteiger partial charge on any atom is -0.445 e. The lowest BCUT2D eigenvalue weighted by molar-refractivity contribution is -0.132. The van der Waals surface area contributed by atoms with E-state index in [9.17, 15) is 24.0 Å². The maximum Gasteiger partial charge on any atom is 0.409 e. The van der Waals surface area contributed by atoms with Crippen LogP contribution in [0.3, 0.4) is 0 Å². The lowest BCUT2D eigenvalue weighted by atomic mass is 9.81. The third-order valence-electron chi connectivity index (χ3n) is 7.26. The Labute approximate surface area is 250 Å². The molecule has 228 valence electrons. The predicted molar refractivity (Wildman–Crippen MR) is 163 cm³/mol. The second-order valence-electron chi connectivity index (χ2n) is 11.4. The van der Waals surface area contributed by atoms with Gasteiger partial charge in [-0.15, -0.1) is 0 Å². The summed E-state index contributed by atoms with van der Waals surface area (Å²) in [7, 11) is 1.63. The molecule has 0 radical (unpaired) electrons. The summed E-state index contributed by atoms with van der Waals surface area (Å²) in [5.74, 6) is -1.30. The molecule has 2 aromatic rings. The molecule has 0 aliphatic carbocycles. The summed E-state index contributed by atoms with van der Waals surface area (Å²) in [6.07, 6.45) is 1.49. The molecule has 2 N–H and O–H groups in total. The zero-order chi connectivity index (χ0) is 30.9. The molecule has 0 heterocycles. The van der Waals surface area contributed by atoms with Crippen molar-refractivity contribution < 1.29 is 28.7 Å². The Balaban J connectivity index is 1.84. The van der Waals surface area contributed by atoms with Crippen LogP contribution in [0.4, 0.5) is 4.79 Å². The number of carbonyl (C=O) groups excluding carboxylic acids is 5. The Morgan fingerprint density at radius 2 is 1.38 bits per heavy atom. The smallest absolute Gasteiger partial charge is 0.409 e. The van der Waals surface area contributed by atoms with Crippen molar-refractivity contribution in [2.45, 2.75) is 71.8 Å². The fourth-order valence-corrected chi connectivity index (χ4v) is 4.89. The number of nitrogens with two attached hydrogens (primary N) is 1. The van der Waals surface area contributed by atoms with Gasteiger partial charge < -0.3 is 15.4 Å². The number of Topliss-reactive ketones (excluding diaryl/α,β-unsaturated/α-hetero) is 4. The first kappa shape index (κ1) is 34.6. The first-order valence-electron chi connectivity index (χ1n) is 14.8. The molecule has 2 atom stereocenters. The molecule has 0 saturated carbocycles. The number of benzene rings is 2. The molecule has 0 aromatic heterocycles. The molecule has 2 aromatic carbocycles. The van der Waals surface area contributed by atoms with E-state index in [0.717, 1.165) is 11.1 Å². The summed E-state index contributed by atoms with van der Waals surface area (Å²) < 4.78 is 5.30. The summed E-state index contributed by atoms with van der Waals surface area (Å²) in [6.45, 7) is 4.41. The highest BCUT2D eigenvalue weighted by Gasteiger charge is 2.28. The fourth-order valence-electron chi connectivity index (χ4n) is 4.89. The van der Waals surface area contributed by atoms with E-state index in [-0.39, 0.29) is 74.3 Å². The van der Waals surface area contributed by atoms with E-state index in [2.05, 4.69) is 0 Å². The van der Waals surface area contributed by atoms with Gasteiger partial charge in [0.15, 0.2) is 0 Å². The molecule has 2 unspecified atom stereocenters. The van der Waals surface area contributed by atoms with E-state index in [0.29, 0.717) is 25.8 Å². The van der Waals surface area contributed by atoms with Gasteiger partial charge in [0.2, 0.25) is 0 Å². The molecule has 8 nitrogen and oxygen atoms in total. The number of nitrogens with zero attached hydrogens (tertiary/aromatic N) is 1. The highest BCUT2D eigenvalue weighted by molar-refractivity contribution is 5.93. The van der Waals surface area contributed by atoms with E-state index < -0.39 is 17.9 Å². The van der Waals surface area contributed by atoms with Gasteiger partial charge in [0.25, 0.3) is 0 Å². The van der Waals surface area contributed by atoms with Crippen LogP contribution in [-0.4, -0.2) is 54.3 Å². The highest BCUT2D eigenvalue weighted by atomic mass is 16.6. The number of carbonyl (C=O) groups is 5. The van der Waals surface area contributed by atoms with Gasteiger partial charge in [-0.05, 0) is 36.3 Å². The van der Waals surface area contributed by atoms with Crippen molar-refractivity contribution >= 4 is 29.2 Å². The second-order valence-corrected chi connectivity index (χ2v) is 11.4. The van der Waals surface area contributed by atoms with E-state index in [4.69, 9.17) is 10.5 Å². The molecular formula is C34H46N2O6. The lowest BCUT2D eigenvalue weighted by Crippen LogP contribution is -2.29. The molecule has 42 heavy (non-hydrogen) atoms. The van der Waals surface area contributed by atoms with E-state index >= 15 is 0 Å². The largest absolute Gasteiger partial charge is 0.445 e. The zero-order valence-electron chi connectivity index (χ0n) is 25.3. The van der Waals surface area contributed by atoms with Crippen molar-refractivity contribution in [3.8, 4) is 0 Å². The number of rotatable bonds is 20. The number of ether oxygens (including phenoxy) is 1. The molecule has 2 rings (SSSR count). The standard InChI is InChI=1S/C34H46N2O6/c1-25(2)19-28(22-33(40)29(21-31(38)23-35)20-26-11-6-4-7-12-26)32(39)17-16-30(37)15-10-18-36(3)34(41)42-24-27-13-8-5-9-14-27/h4-9,11-14,25,28-29H,10,15-24,35H2,1-3H3. The maximum atomic E-state index is 13.4. The van der Waals surface area contributed by atoms with Gasteiger partial charge >= 0.3 is 6.09 Å². The maximum absolute atomic E-state index is 13.4. The number of ketones is 4. The van der Waals surface area contributed by atoms with Gasteiger partial charge in [-0.1, -0.05) is 74.5 Å². The van der Waals surface area contributed by atoms with Crippen molar-refractivity contribution in [2.24, 2.45) is 23.5 Å². The molecular weight excluding hydrogens is 532 g/mol. The van der Waals surface area contributed by atoms with Crippen LogP contribution in [0.2, 0.25) is 0 Å². The number of hydrogen-bond donors (Lipinski definition) is 1. The topological polar surface area (TPSA) is 124 Å². The Kier molecular flexibility index (Phi) is 15.4. The van der Waals surface area contributed by atoms with Crippen molar-refractivity contribution in [1.82, 2.24) is 4.90 Å². The monoisotopic (exact) mass is 578 g/mol. The van der Waals surface area contributed by atoms with Gasteiger partial charge in [0.1, 0.15) is 29.7 Å². The van der Waals surface area contributed by atoms with Crippen LogP contribution in [-0.2, 0) is 36.9 Å². The van der Waals surface area contributed by atoms with Crippen molar-refractivity contribution in [3.63, 3.8) is 0 Å². The van der Waals surface area contributed by atoms with Gasteiger partial charge in [0, 0.05) is 57.5 Å². The molecule has 0 aliphatic rings. The minimum absolute atomic E-state index is 0.0520. The van der Waals surface area contributed by atoms with E-state index in [1.54, 1.807) is 7.05 Å². The van der Waals surface area contributed by atoms with Crippen LogP contribution in [0.15, 0.2) is 60.7 Å². The molecule has 0 spiro atoms. The fraction of sp³-hybridized carbons (Fsp3) is 0.500. The average molecular weight is 579 g/mol. The van der Waals surface area contributed by atoms with Gasteiger partial charge in [-0.25, -0.2) is 4.79 Å². The SMILES string of the molecule is CC(C)CC(CC(=O)C(CC(=O)CN)Cc1ccccc1)C(=O)CCC(=O)CCCN(C)C(=O)OCc1ccccc1. The third kappa shape index (κ3) is 13.3. The molecule has 0 aliphatic heterocycles. The molecule has 8 heteroatoms. The second kappa shape index (κ2) is 18.7. The van der Waals surface area contributed by atoms with Crippen LogP contribution >= 0.6 is 0 Å². The van der Waals surface area contributed by atoms with Crippen LogP contribution in [0.5, 0.6) is 0 Å².